The fourth-order valence-electron chi connectivity index (χ4n) is 7.57. The summed E-state index contributed by atoms with van der Waals surface area (Å²) in [7, 11) is 0. The Balaban J connectivity index is 1.07. The molecular formula is C55H35N7. The molecule has 7 heteroatoms. The van der Waals surface area contributed by atoms with Crippen LogP contribution in [-0.4, -0.2) is 29.9 Å². The van der Waals surface area contributed by atoms with Gasteiger partial charge in [-0.05, 0) is 51.6 Å². The van der Waals surface area contributed by atoms with Gasteiger partial charge in [0.2, 0.25) is 0 Å². The summed E-state index contributed by atoms with van der Waals surface area (Å²) in [6.45, 7) is 0. The summed E-state index contributed by atoms with van der Waals surface area (Å²) in [5.74, 6) is 3.51. The molecule has 7 nitrogen and oxygen atoms in total. The molecule has 0 aliphatic rings. The summed E-state index contributed by atoms with van der Waals surface area (Å²) in [6, 6.07) is 73.0. The lowest BCUT2D eigenvalue weighted by atomic mass is 9.91. The first-order chi connectivity index (χ1) is 30.7. The average Bonchev–Trinajstić information content (AvgIpc) is 3.37. The molecule has 0 atom stereocenters. The third kappa shape index (κ3) is 7.75. The molecule has 8 aromatic carbocycles. The first-order valence-electron chi connectivity index (χ1n) is 20.3. The number of benzene rings is 8. The summed E-state index contributed by atoms with van der Waals surface area (Å²) in [5.41, 5.74) is 12.0. The van der Waals surface area contributed by atoms with E-state index in [1.807, 2.05) is 158 Å². The van der Waals surface area contributed by atoms with Crippen LogP contribution < -0.4 is 0 Å². The fourth-order valence-corrected chi connectivity index (χ4v) is 7.57. The monoisotopic (exact) mass is 793 g/mol. The Morgan fingerprint density at radius 2 is 0.597 bits per heavy atom. The lowest BCUT2D eigenvalue weighted by molar-refractivity contribution is 1.07. The SMILES string of the molecule is N#Cc1cccc(-c2ccc(-c3nc(-c4ccccc4)nc(-c4ccccc4-c4ccccc4-c4cccc(-c5nc(-c6ccccc6)nc(-c6ccccc6)n5)c4)n3)cc2)c1. The van der Waals surface area contributed by atoms with Gasteiger partial charge in [0.05, 0.1) is 11.6 Å². The molecule has 0 unspecified atom stereocenters. The van der Waals surface area contributed by atoms with E-state index >= 15 is 0 Å². The number of hydrogen-bond acceptors (Lipinski definition) is 7. The van der Waals surface area contributed by atoms with Crippen molar-refractivity contribution < 1.29 is 0 Å². The van der Waals surface area contributed by atoms with E-state index in [-0.39, 0.29) is 0 Å². The smallest absolute Gasteiger partial charge is 0.164 e. The van der Waals surface area contributed by atoms with Crippen LogP contribution in [0.3, 0.4) is 0 Å². The molecule has 2 heterocycles. The Morgan fingerprint density at radius 1 is 0.242 bits per heavy atom. The van der Waals surface area contributed by atoms with E-state index in [0.717, 1.165) is 66.8 Å². The zero-order chi connectivity index (χ0) is 41.7. The molecule has 0 amide bonds. The first-order valence-corrected chi connectivity index (χ1v) is 20.3. The van der Waals surface area contributed by atoms with Crippen LogP contribution in [0.25, 0.3) is 102 Å². The maximum absolute atomic E-state index is 9.47. The maximum Gasteiger partial charge on any atom is 0.164 e. The Kier molecular flexibility index (Phi) is 10.2. The van der Waals surface area contributed by atoms with E-state index in [9.17, 15) is 5.26 Å². The van der Waals surface area contributed by atoms with Crippen molar-refractivity contribution in [1.29, 1.82) is 5.26 Å². The number of hydrogen-bond donors (Lipinski definition) is 0. The van der Waals surface area contributed by atoms with Crippen LogP contribution in [0.1, 0.15) is 5.56 Å². The topological polar surface area (TPSA) is 101 Å². The zero-order valence-corrected chi connectivity index (χ0v) is 33.3. The first kappa shape index (κ1) is 37.5. The molecule has 0 radical (unpaired) electrons. The van der Waals surface area contributed by atoms with Crippen LogP contribution in [0.5, 0.6) is 0 Å². The molecule has 290 valence electrons. The van der Waals surface area contributed by atoms with Crippen molar-refractivity contribution in [3.05, 3.63) is 218 Å². The molecule has 0 fully saturated rings. The van der Waals surface area contributed by atoms with Crippen molar-refractivity contribution in [1.82, 2.24) is 29.9 Å². The highest BCUT2D eigenvalue weighted by molar-refractivity contribution is 5.91. The van der Waals surface area contributed by atoms with Gasteiger partial charge in [-0.1, -0.05) is 194 Å². The van der Waals surface area contributed by atoms with Crippen LogP contribution in [-0.2, 0) is 0 Å². The van der Waals surface area contributed by atoms with Gasteiger partial charge < -0.3 is 0 Å². The molecule has 2 aromatic heterocycles. The van der Waals surface area contributed by atoms with Crippen LogP contribution in [0.15, 0.2) is 212 Å². The fraction of sp³-hybridized carbons (Fsp3) is 0. The van der Waals surface area contributed by atoms with E-state index in [1.165, 1.54) is 0 Å². The van der Waals surface area contributed by atoms with Crippen LogP contribution in [0, 0.1) is 11.3 Å². The predicted molar refractivity (Wildman–Crippen MR) is 247 cm³/mol. The van der Waals surface area contributed by atoms with Crippen molar-refractivity contribution in [3.8, 4) is 108 Å². The predicted octanol–water partition coefficient (Wildman–Crippen LogP) is 12.9. The second-order valence-electron chi connectivity index (χ2n) is 14.7. The number of nitriles is 1. The highest BCUT2D eigenvalue weighted by Gasteiger charge is 2.19. The summed E-state index contributed by atoms with van der Waals surface area (Å²) in [5, 5.41) is 9.47. The van der Waals surface area contributed by atoms with Gasteiger partial charge in [-0.3, -0.25) is 0 Å². The molecule has 62 heavy (non-hydrogen) atoms. The summed E-state index contributed by atoms with van der Waals surface area (Å²) < 4.78 is 0. The molecule has 10 rings (SSSR count). The van der Waals surface area contributed by atoms with E-state index in [1.54, 1.807) is 0 Å². The molecule has 0 bridgehead atoms. The molecule has 0 saturated carbocycles. The number of aromatic nitrogens is 6. The van der Waals surface area contributed by atoms with Crippen molar-refractivity contribution in [3.63, 3.8) is 0 Å². The zero-order valence-electron chi connectivity index (χ0n) is 33.3. The molecule has 0 spiro atoms. The maximum atomic E-state index is 9.47. The van der Waals surface area contributed by atoms with E-state index in [4.69, 9.17) is 29.9 Å². The largest absolute Gasteiger partial charge is 0.208 e. The molecule has 0 N–H and O–H groups in total. The van der Waals surface area contributed by atoms with Crippen molar-refractivity contribution >= 4 is 0 Å². The van der Waals surface area contributed by atoms with Crippen molar-refractivity contribution in [2.24, 2.45) is 0 Å². The van der Waals surface area contributed by atoms with E-state index in [0.29, 0.717) is 40.5 Å². The Bertz CT molecular complexity index is 3180. The van der Waals surface area contributed by atoms with Gasteiger partial charge >= 0.3 is 0 Å². The lowest BCUT2D eigenvalue weighted by Gasteiger charge is -2.16. The Labute approximate surface area is 359 Å². The van der Waals surface area contributed by atoms with Gasteiger partial charge in [0.15, 0.2) is 34.9 Å². The van der Waals surface area contributed by atoms with Crippen LogP contribution in [0.4, 0.5) is 0 Å². The molecule has 0 aliphatic heterocycles. The standard InChI is InChI=1S/C55H35N7/c56-36-37-16-14-23-43(34-37)38-30-32-42(33-31-38)53-58-52(41-21-8-3-9-22-41)61-55(62-53)49-29-13-12-28-48(49)47-27-11-10-26-46(47)44-24-15-25-45(35-44)54-59-50(39-17-4-1-5-18-39)57-51(60-54)40-19-6-2-7-20-40/h1-35H. The minimum Gasteiger partial charge on any atom is -0.208 e. The second-order valence-corrected chi connectivity index (χ2v) is 14.7. The van der Waals surface area contributed by atoms with Gasteiger partial charge in [0.25, 0.3) is 0 Å². The van der Waals surface area contributed by atoms with Gasteiger partial charge in [0, 0.05) is 33.4 Å². The minimum atomic E-state index is 0.559. The van der Waals surface area contributed by atoms with Crippen LogP contribution >= 0.6 is 0 Å². The number of rotatable bonds is 9. The lowest BCUT2D eigenvalue weighted by Crippen LogP contribution is -2.01. The van der Waals surface area contributed by atoms with E-state index < -0.39 is 0 Å². The quantitative estimate of drug-likeness (QED) is 0.143. The van der Waals surface area contributed by atoms with Crippen LogP contribution in [0.2, 0.25) is 0 Å². The Morgan fingerprint density at radius 3 is 1.13 bits per heavy atom. The van der Waals surface area contributed by atoms with Gasteiger partial charge in [-0.2, -0.15) is 5.26 Å². The summed E-state index contributed by atoms with van der Waals surface area (Å²) >= 11 is 0. The summed E-state index contributed by atoms with van der Waals surface area (Å²) in [4.78, 5) is 30.2. The van der Waals surface area contributed by atoms with Gasteiger partial charge in [-0.25, -0.2) is 29.9 Å². The molecule has 0 saturated heterocycles. The third-order valence-corrected chi connectivity index (χ3v) is 10.7. The molecular weight excluding hydrogens is 759 g/mol. The van der Waals surface area contributed by atoms with Gasteiger partial charge in [0.1, 0.15) is 0 Å². The van der Waals surface area contributed by atoms with E-state index in [2.05, 4.69) is 60.7 Å². The van der Waals surface area contributed by atoms with Gasteiger partial charge in [-0.15, -0.1) is 0 Å². The average molecular weight is 794 g/mol. The summed E-state index contributed by atoms with van der Waals surface area (Å²) in [6.07, 6.45) is 0. The van der Waals surface area contributed by atoms with Crippen molar-refractivity contribution in [2.75, 3.05) is 0 Å². The van der Waals surface area contributed by atoms with Crippen molar-refractivity contribution in [2.45, 2.75) is 0 Å². The third-order valence-electron chi connectivity index (χ3n) is 10.7. The second kappa shape index (κ2) is 16.9. The normalized spacial score (nSPS) is 10.9. The Hall–Kier alpha value is -8.73. The highest BCUT2D eigenvalue weighted by atomic mass is 15.0. The highest BCUT2D eigenvalue weighted by Crippen LogP contribution is 2.39. The molecule has 10 aromatic rings. The molecule has 0 aliphatic carbocycles. The number of nitrogens with zero attached hydrogens (tertiary/aromatic N) is 7. The minimum absolute atomic E-state index is 0.559.